The first-order valence-corrected chi connectivity index (χ1v) is 7.73. The van der Waals surface area contributed by atoms with Gasteiger partial charge in [0.25, 0.3) is 5.69 Å². The maximum absolute atomic E-state index is 11.3. The second kappa shape index (κ2) is 8.04. The van der Waals surface area contributed by atoms with Crippen molar-refractivity contribution in [3.8, 4) is 11.5 Å². The Morgan fingerprint density at radius 3 is 2.32 bits per heavy atom. The van der Waals surface area contributed by atoms with Crippen LogP contribution in [0, 0.1) is 10.1 Å². The Morgan fingerprint density at radius 2 is 1.77 bits per heavy atom. The van der Waals surface area contributed by atoms with Gasteiger partial charge in [0, 0.05) is 6.07 Å². The van der Waals surface area contributed by atoms with Gasteiger partial charge in [0.2, 0.25) is 10.0 Å². The number of nitro benzene ring substituents is 1. The van der Waals surface area contributed by atoms with E-state index in [9.17, 15) is 18.5 Å². The fourth-order valence-electron chi connectivity index (χ4n) is 1.61. The quantitative estimate of drug-likeness (QED) is 0.507. The summed E-state index contributed by atoms with van der Waals surface area (Å²) in [5, 5.41) is 10.8. The molecule has 0 unspecified atom stereocenters. The molecule has 0 saturated carbocycles. The Kier molecular flexibility index (Phi) is 6.97. The summed E-state index contributed by atoms with van der Waals surface area (Å²) in [6.07, 6.45) is 0.987. The van der Waals surface area contributed by atoms with Gasteiger partial charge < -0.3 is 4.74 Å². The van der Waals surface area contributed by atoms with E-state index in [1.54, 1.807) is 30.3 Å². The minimum atomic E-state index is -3.52. The molecular formula is C13H13KN2O5S. The van der Waals surface area contributed by atoms with Gasteiger partial charge in [0.05, 0.1) is 22.9 Å². The normalized spacial score (nSPS) is 10.4. The molecule has 2 aromatic carbocycles. The fraction of sp³-hybridized carbons (Fsp3) is 0.0769. The molecule has 1 N–H and O–H groups in total. The van der Waals surface area contributed by atoms with E-state index in [1.807, 2.05) is 0 Å². The molecule has 112 valence electrons. The molecule has 0 amide bonds. The monoisotopic (exact) mass is 348 g/mol. The minimum absolute atomic E-state index is 0. The van der Waals surface area contributed by atoms with Gasteiger partial charge >= 0.3 is 51.4 Å². The summed E-state index contributed by atoms with van der Waals surface area (Å²) in [4.78, 5) is 10.2. The number of ether oxygens (including phenoxy) is 1. The van der Waals surface area contributed by atoms with Crippen LogP contribution in [0.1, 0.15) is 0 Å². The van der Waals surface area contributed by atoms with Gasteiger partial charge in [-0.3, -0.25) is 14.8 Å². The number of nitrogens with one attached hydrogen (secondary N) is 1. The van der Waals surface area contributed by atoms with Crippen LogP contribution in [-0.4, -0.2) is 71.0 Å². The third kappa shape index (κ3) is 5.67. The predicted molar refractivity (Wildman–Crippen MR) is 85.2 cm³/mol. The second-order valence-corrected chi connectivity index (χ2v) is 5.98. The molecule has 0 spiro atoms. The SMILES string of the molecule is CS(=O)(=O)Nc1ccc([N+](=O)[O-])cc1Oc1ccccc1.[KH]. The fourth-order valence-corrected chi connectivity index (χ4v) is 2.18. The summed E-state index contributed by atoms with van der Waals surface area (Å²) in [5.74, 6) is 0.496. The van der Waals surface area contributed by atoms with Crippen molar-refractivity contribution in [2.75, 3.05) is 11.0 Å². The summed E-state index contributed by atoms with van der Waals surface area (Å²) in [6, 6.07) is 12.2. The number of para-hydroxylation sites is 1. The molecular weight excluding hydrogens is 335 g/mol. The van der Waals surface area contributed by atoms with Crippen LogP contribution < -0.4 is 9.46 Å². The number of non-ortho nitro benzene ring substituents is 1. The molecule has 22 heavy (non-hydrogen) atoms. The van der Waals surface area contributed by atoms with E-state index in [0.29, 0.717) is 5.75 Å². The van der Waals surface area contributed by atoms with E-state index < -0.39 is 14.9 Å². The zero-order valence-electron chi connectivity index (χ0n) is 11.0. The number of rotatable bonds is 5. The van der Waals surface area contributed by atoms with Gasteiger partial charge in [-0.15, -0.1) is 0 Å². The molecule has 7 nitrogen and oxygen atoms in total. The zero-order valence-corrected chi connectivity index (χ0v) is 11.8. The summed E-state index contributed by atoms with van der Waals surface area (Å²) >= 11 is 0. The van der Waals surface area contributed by atoms with Gasteiger partial charge in [-0.2, -0.15) is 0 Å². The molecule has 0 aliphatic heterocycles. The molecule has 0 saturated heterocycles. The van der Waals surface area contributed by atoms with Crippen molar-refractivity contribution in [3.63, 3.8) is 0 Å². The number of benzene rings is 2. The van der Waals surface area contributed by atoms with Gasteiger partial charge in [0.1, 0.15) is 5.75 Å². The van der Waals surface area contributed by atoms with Crippen LogP contribution in [0.25, 0.3) is 0 Å². The van der Waals surface area contributed by atoms with Crippen molar-refractivity contribution in [2.45, 2.75) is 0 Å². The first kappa shape index (κ1) is 19.1. The standard InChI is InChI=1S/C13H12N2O5S.K.H/c1-21(18,19)14-12-8-7-10(15(16)17)9-13(12)20-11-5-3-2-4-6-11;;/h2-9,14H,1H3;;. The Labute approximate surface area is 170 Å². The number of sulfonamides is 1. The van der Waals surface area contributed by atoms with Crippen LogP contribution in [0.4, 0.5) is 11.4 Å². The average molecular weight is 348 g/mol. The van der Waals surface area contributed by atoms with E-state index in [2.05, 4.69) is 4.72 Å². The molecule has 0 heterocycles. The predicted octanol–water partition coefficient (Wildman–Crippen LogP) is 2.11. The Hall–Kier alpha value is -0.974. The molecule has 9 heteroatoms. The van der Waals surface area contributed by atoms with Crippen LogP contribution in [0.3, 0.4) is 0 Å². The van der Waals surface area contributed by atoms with Gasteiger partial charge in [-0.05, 0) is 18.2 Å². The molecule has 0 aliphatic carbocycles. The summed E-state index contributed by atoms with van der Waals surface area (Å²) < 4.78 is 30.4. The second-order valence-electron chi connectivity index (χ2n) is 4.23. The third-order valence-electron chi connectivity index (χ3n) is 2.44. The molecule has 0 aromatic heterocycles. The number of nitro groups is 1. The molecule has 2 rings (SSSR count). The van der Waals surface area contributed by atoms with Crippen LogP contribution >= 0.6 is 0 Å². The maximum atomic E-state index is 11.3. The van der Waals surface area contributed by atoms with Crippen molar-refractivity contribution in [1.82, 2.24) is 0 Å². The van der Waals surface area contributed by atoms with Crippen LogP contribution in [0.2, 0.25) is 0 Å². The number of hydrogen-bond acceptors (Lipinski definition) is 5. The van der Waals surface area contributed by atoms with E-state index in [0.717, 1.165) is 6.26 Å². The Bertz CT molecular complexity index is 765. The van der Waals surface area contributed by atoms with E-state index >= 15 is 0 Å². The van der Waals surface area contributed by atoms with Crippen molar-refractivity contribution in [2.24, 2.45) is 0 Å². The van der Waals surface area contributed by atoms with E-state index in [-0.39, 0.29) is 68.5 Å². The third-order valence-corrected chi connectivity index (χ3v) is 3.03. The summed E-state index contributed by atoms with van der Waals surface area (Å²) in [7, 11) is -3.52. The van der Waals surface area contributed by atoms with Crippen LogP contribution in [0.15, 0.2) is 48.5 Å². The van der Waals surface area contributed by atoms with Crippen molar-refractivity contribution in [1.29, 1.82) is 0 Å². The number of hydrogen-bond donors (Lipinski definition) is 1. The number of anilines is 1. The van der Waals surface area contributed by atoms with E-state index in [1.165, 1.54) is 18.2 Å². The van der Waals surface area contributed by atoms with E-state index in [4.69, 9.17) is 4.74 Å². The van der Waals surface area contributed by atoms with Crippen LogP contribution in [-0.2, 0) is 10.0 Å². The topological polar surface area (TPSA) is 98.5 Å². The van der Waals surface area contributed by atoms with Gasteiger partial charge in [0.15, 0.2) is 5.75 Å². The van der Waals surface area contributed by atoms with Crippen molar-refractivity contribution >= 4 is 72.8 Å². The van der Waals surface area contributed by atoms with Gasteiger partial charge in [-0.1, -0.05) is 18.2 Å². The molecule has 2 aromatic rings. The molecule has 0 radical (unpaired) electrons. The Morgan fingerprint density at radius 1 is 1.14 bits per heavy atom. The summed E-state index contributed by atoms with van der Waals surface area (Å²) in [5.41, 5.74) is -0.0630. The molecule has 0 bridgehead atoms. The van der Waals surface area contributed by atoms with Crippen LogP contribution in [0.5, 0.6) is 11.5 Å². The summed E-state index contributed by atoms with van der Waals surface area (Å²) in [6.45, 7) is 0. The van der Waals surface area contributed by atoms with Crippen molar-refractivity contribution < 1.29 is 18.1 Å². The molecule has 0 atom stereocenters. The molecule has 0 fully saturated rings. The Balaban J connectivity index is 0.00000242. The van der Waals surface area contributed by atoms with Gasteiger partial charge in [-0.25, -0.2) is 8.42 Å². The first-order chi connectivity index (χ1) is 9.85. The zero-order chi connectivity index (χ0) is 15.5. The molecule has 0 aliphatic rings. The number of nitrogens with zero attached hydrogens (tertiary/aromatic N) is 1. The average Bonchev–Trinajstić information content (AvgIpc) is 2.40. The van der Waals surface area contributed by atoms with Crippen molar-refractivity contribution in [3.05, 3.63) is 58.6 Å². The first-order valence-electron chi connectivity index (χ1n) is 5.84.